The van der Waals surface area contributed by atoms with Crippen molar-refractivity contribution < 1.29 is 4.79 Å². The maximum absolute atomic E-state index is 12.3. The van der Waals surface area contributed by atoms with Crippen LogP contribution in [0, 0.1) is 25.2 Å². The Morgan fingerprint density at radius 3 is 2.78 bits per heavy atom. The lowest BCUT2D eigenvalue weighted by Gasteiger charge is -2.11. The van der Waals surface area contributed by atoms with E-state index in [4.69, 9.17) is 5.26 Å². The van der Waals surface area contributed by atoms with Crippen LogP contribution >= 0.6 is 0 Å². The average Bonchev–Trinajstić information content (AvgIpc) is 2.84. The lowest BCUT2D eigenvalue weighted by Crippen LogP contribution is -2.33. The Labute approximate surface area is 136 Å². The van der Waals surface area contributed by atoms with E-state index in [2.05, 4.69) is 16.5 Å². The fourth-order valence-electron chi connectivity index (χ4n) is 2.52. The molecule has 1 heterocycles. The molecule has 0 fully saturated rings. The van der Waals surface area contributed by atoms with Crippen LogP contribution in [0.15, 0.2) is 30.3 Å². The molecule has 0 unspecified atom stereocenters. The summed E-state index contributed by atoms with van der Waals surface area (Å²) in [6, 6.07) is 11.2. The van der Waals surface area contributed by atoms with Crippen LogP contribution in [0.1, 0.15) is 47.1 Å². The molecule has 0 aliphatic heterocycles. The number of nitriles is 1. The van der Waals surface area contributed by atoms with Gasteiger partial charge in [-0.05, 0) is 44.0 Å². The Bertz CT molecular complexity index is 727. The maximum atomic E-state index is 12.3. The Balaban J connectivity index is 2.11. The molecule has 1 amide bonds. The van der Waals surface area contributed by atoms with E-state index in [0.29, 0.717) is 18.5 Å². The van der Waals surface area contributed by atoms with E-state index >= 15 is 0 Å². The third-order valence-corrected chi connectivity index (χ3v) is 3.66. The van der Waals surface area contributed by atoms with Crippen molar-refractivity contribution in [3.8, 4) is 6.07 Å². The first kappa shape index (κ1) is 16.8. The van der Waals surface area contributed by atoms with Crippen LogP contribution in [0.3, 0.4) is 0 Å². The van der Waals surface area contributed by atoms with E-state index in [0.717, 1.165) is 23.4 Å². The van der Waals surface area contributed by atoms with Gasteiger partial charge in [0.15, 0.2) is 0 Å². The van der Waals surface area contributed by atoms with Gasteiger partial charge in [0.1, 0.15) is 6.04 Å². The van der Waals surface area contributed by atoms with Gasteiger partial charge >= 0.3 is 0 Å². The fourth-order valence-corrected chi connectivity index (χ4v) is 2.52. The van der Waals surface area contributed by atoms with Gasteiger partial charge in [0.05, 0.1) is 18.3 Å². The number of aryl methyl sites for hydroxylation is 2. The Kier molecular flexibility index (Phi) is 5.53. The summed E-state index contributed by atoms with van der Waals surface area (Å²) < 4.78 is 1.92. The zero-order valence-corrected chi connectivity index (χ0v) is 13.8. The molecule has 0 radical (unpaired) electrons. The highest BCUT2D eigenvalue weighted by atomic mass is 16.1. The van der Waals surface area contributed by atoms with Crippen molar-refractivity contribution in [2.45, 2.75) is 46.2 Å². The highest BCUT2D eigenvalue weighted by molar-refractivity contribution is 5.94. The monoisotopic (exact) mass is 310 g/mol. The van der Waals surface area contributed by atoms with E-state index in [1.165, 1.54) is 0 Å². The zero-order valence-electron chi connectivity index (χ0n) is 13.8. The van der Waals surface area contributed by atoms with Gasteiger partial charge in [-0.2, -0.15) is 10.4 Å². The molecule has 1 aromatic carbocycles. The molecular formula is C18H22N4O. The second-order valence-electron chi connectivity index (χ2n) is 5.73. The van der Waals surface area contributed by atoms with Gasteiger partial charge in [-0.3, -0.25) is 9.48 Å². The van der Waals surface area contributed by atoms with E-state index in [1.807, 2.05) is 49.7 Å². The molecule has 2 rings (SSSR count). The van der Waals surface area contributed by atoms with Gasteiger partial charge in [0.25, 0.3) is 5.91 Å². The predicted octanol–water partition coefficient (Wildman–Crippen LogP) is 2.97. The summed E-state index contributed by atoms with van der Waals surface area (Å²) in [5.41, 5.74) is 3.64. The molecular weight excluding hydrogens is 288 g/mol. The second kappa shape index (κ2) is 7.59. The highest BCUT2D eigenvalue weighted by Gasteiger charge is 2.13. The summed E-state index contributed by atoms with van der Waals surface area (Å²) in [4.78, 5) is 12.3. The minimum atomic E-state index is -0.438. The van der Waals surface area contributed by atoms with Crippen molar-refractivity contribution in [1.82, 2.24) is 15.1 Å². The molecule has 0 spiro atoms. The summed E-state index contributed by atoms with van der Waals surface area (Å²) in [5, 5.41) is 16.3. The smallest absolute Gasteiger partial charge is 0.252 e. The van der Waals surface area contributed by atoms with Crippen molar-refractivity contribution in [3.05, 3.63) is 52.8 Å². The molecule has 0 saturated carbocycles. The molecule has 1 atom stereocenters. The lowest BCUT2D eigenvalue weighted by atomic mass is 10.1. The van der Waals surface area contributed by atoms with Crippen molar-refractivity contribution in [1.29, 1.82) is 5.26 Å². The largest absolute Gasteiger partial charge is 0.336 e. The van der Waals surface area contributed by atoms with Gasteiger partial charge in [-0.15, -0.1) is 0 Å². The van der Waals surface area contributed by atoms with Crippen molar-refractivity contribution >= 4 is 5.91 Å². The van der Waals surface area contributed by atoms with Gasteiger partial charge in [-0.25, -0.2) is 0 Å². The maximum Gasteiger partial charge on any atom is 0.252 e. The van der Waals surface area contributed by atoms with Crippen molar-refractivity contribution in [3.63, 3.8) is 0 Å². The van der Waals surface area contributed by atoms with Crippen LogP contribution in [0.5, 0.6) is 0 Å². The van der Waals surface area contributed by atoms with Gasteiger partial charge < -0.3 is 5.32 Å². The molecule has 1 aromatic heterocycles. The molecule has 1 N–H and O–H groups in total. The van der Waals surface area contributed by atoms with E-state index in [-0.39, 0.29) is 5.91 Å². The summed E-state index contributed by atoms with van der Waals surface area (Å²) >= 11 is 0. The SMILES string of the molecule is CCC[C@H](C#N)NC(=O)c1cccc(Cn2nc(C)cc2C)c1. The molecule has 0 bridgehead atoms. The van der Waals surface area contributed by atoms with E-state index < -0.39 is 6.04 Å². The second-order valence-corrected chi connectivity index (χ2v) is 5.73. The number of hydrogen-bond donors (Lipinski definition) is 1. The van der Waals surface area contributed by atoms with Gasteiger partial charge in [-0.1, -0.05) is 25.5 Å². The van der Waals surface area contributed by atoms with Crippen LogP contribution in [0.2, 0.25) is 0 Å². The van der Waals surface area contributed by atoms with Crippen LogP contribution in [-0.2, 0) is 6.54 Å². The predicted molar refractivity (Wildman–Crippen MR) is 89.0 cm³/mol. The number of amides is 1. The first-order valence-corrected chi connectivity index (χ1v) is 7.84. The lowest BCUT2D eigenvalue weighted by molar-refractivity contribution is 0.0944. The fraction of sp³-hybridized carbons (Fsp3) is 0.389. The summed E-state index contributed by atoms with van der Waals surface area (Å²) in [5.74, 6) is -0.208. The molecule has 5 nitrogen and oxygen atoms in total. The average molecular weight is 310 g/mol. The molecule has 120 valence electrons. The Hall–Kier alpha value is -2.61. The molecule has 5 heteroatoms. The van der Waals surface area contributed by atoms with E-state index in [9.17, 15) is 4.79 Å². The molecule has 23 heavy (non-hydrogen) atoms. The van der Waals surface area contributed by atoms with Crippen molar-refractivity contribution in [2.75, 3.05) is 0 Å². The number of benzene rings is 1. The Morgan fingerprint density at radius 2 is 2.17 bits per heavy atom. The standard InChI is InChI=1S/C18H22N4O/c1-4-6-17(11-19)20-18(23)16-8-5-7-15(10-16)12-22-14(3)9-13(2)21-22/h5,7-10,17H,4,6,12H2,1-3H3,(H,20,23)/t17-/m1/s1. The summed E-state index contributed by atoms with van der Waals surface area (Å²) in [6.07, 6.45) is 1.52. The minimum absolute atomic E-state index is 0.208. The normalized spacial score (nSPS) is 11.7. The van der Waals surface area contributed by atoms with Gasteiger partial charge in [0, 0.05) is 11.3 Å². The molecule has 0 aliphatic rings. The summed E-state index contributed by atoms with van der Waals surface area (Å²) in [7, 11) is 0. The van der Waals surface area contributed by atoms with E-state index in [1.54, 1.807) is 6.07 Å². The number of nitrogens with zero attached hydrogens (tertiary/aromatic N) is 3. The topological polar surface area (TPSA) is 70.7 Å². The quantitative estimate of drug-likeness (QED) is 0.891. The molecule has 0 aliphatic carbocycles. The third kappa shape index (κ3) is 4.43. The number of hydrogen-bond acceptors (Lipinski definition) is 3. The summed E-state index contributed by atoms with van der Waals surface area (Å²) in [6.45, 7) is 6.59. The van der Waals surface area contributed by atoms with Crippen molar-refractivity contribution in [2.24, 2.45) is 0 Å². The first-order valence-electron chi connectivity index (χ1n) is 7.84. The van der Waals surface area contributed by atoms with Crippen LogP contribution < -0.4 is 5.32 Å². The zero-order chi connectivity index (χ0) is 16.8. The highest BCUT2D eigenvalue weighted by Crippen LogP contribution is 2.10. The van der Waals surface area contributed by atoms with Crippen LogP contribution in [-0.4, -0.2) is 21.7 Å². The van der Waals surface area contributed by atoms with Crippen LogP contribution in [0.25, 0.3) is 0 Å². The van der Waals surface area contributed by atoms with Gasteiger partial charge in [0.2, 0.25) is 0 Å². The number of nitrogens with one attached hydrogen (secondary N) is 1. The molecule has 2 aromatic rings. The number of rotatable bonds is 6. The number of carbonyl (C=O) groups is 1. The number of aromatic nitrogens is 2. The third-order valence-electron chi connectivity index (χ3n) is 3.66. The minimum Gasteiger partial charge on any atom is -0.336 e. The Morgan fingerprint density at radius 1 is 1.39 bits per heavy atom. The van der Waals surface area contributed by atoms with Crippen LogP contribution in [0.4, 0.5) is 0 Å². The number of carbonyl (C=O) groups excluding carboxylic acids is 1. The molecule has 0 saturated heterocycles. The first-order chi connectivity index (χ1) is 11.0.